The van der Waals surface area contributed by atoms with Gasteiger partial charge in [-0.3, -0.25) is 0 Å². The molecule has 0 radical (unpaired) electrons. The molecule has 5 nitrogen and oxygen atoms in total. The van der Waals surface area contributed by atoms with Crippen LogP contribution >= 0.6 is 0 Å². The Morgan fingerprint density at radius 2 is 0.649 bits per heavy atom. The van der Waals surface area contributed by atoms with Gasteiger partial charge < -0.3 is 23.8 Å². The third-order valence-corrected chi connectivity index (χ3v) is 22.5. The van der Waals surface area contributed by atoms with Crippen molar-refractivity contribution < 1.29 is 28.8 Å². The first kappa shape index (κ1) is 50.5. The number of para-hydroxylation sites is 5. The van der Waals surface area contributed by atoms with Crippen LogP contribution in [0.4, 0.5) is 51.2 Å². The van der Waals surface area contributed by atoms with E-state index in [9.17, 15) is 21.9 Å². The Morgan fingerprint density at radius 1 is 0.272 bits per heavy atom. The maximum absolute atomic E-state index is 10.1. The molecule has 114 heavy (non-hydrogen) atoms. The summed E-state index contributed by atoms with van der Waals surface area (Å²) < 4.78 is 201. The van der Waals surface area contributed by atoms with Gasteiger partial charge in [-0.05, 0) is 221 Å². The van der Waals surface area contributed by atoms with Crippen molar-refractivity contribution in [1.82, 2.24) is 9.13 Å². The summed E-state index contributed by atoms with van der Waals surface area (Å²) in [5, 5.41) is -0.472. The number of nitrogens with zero attached hydrogens (tertiary/aromatic N) is 5. The van der Waals surface area contributed by atoms with Crippen LogP contribution in [0.25, 0.3) is 111 Å². The highest BCUT2D eigenvalue weighted by Gasteiger charge is 2.46. The largest absolute Gasteiger partial charge is 0.311 e. The molecule has 4 heterocycles. The molecule has 16 aromatic carbocycles. The summed E-state index contributed by atoms with van der Waals surface area (Å²) in [6, 6.07) is 69.2. The highest BCUT2D eigenvalue weighted by molar-refractivity contribution is 7.00. The van der Waals surface area contributed by atoms with E-state index in [0.717, 1.165) is 83.5 Å². The van der Waals surface area contributed by atoms with Crippen molar-refractivity contribution in [2.24, 2.45) is 0 Å². The standard InChI is InChI=1S/C108H88BN5/c1-106(2,3)79-60-77(61-80(66-79)107(4,5)6)78-64-102-104-103(65-78)114(105-92(73-37-19-12-20-38-73)67-81(108(7,8)9)68-93(105)74-39-21-13-22-40-74)101-70-86(112-98-49-31-27-45-90(98)91-46-28-32-50-99(91)112)56-58-95(101)109(104)94-57-55-85(69-100(94)113(102)87-62-75(71-33-15-10-16-34-71)59-76(63-87)72-35-17-11-18-36-72)110(82-41-23-14-24-42-82)83-51-53-84(54-52-83)111-96-47-29-25-43-88(96)89-44-26-30-48-97(89)111/h10-70H,1-9H3/i14D,23D,24D,25D,26D,27D,28D,29D,30D,31D,32D,41D,42D,43D,44D,45D,46D,47D,48D,49D,50D. The Hall–Kier alpha value is -13.4. The Kier molecular flexibility index (Phi) is 12.0. The smallest absolute Gasteiger partial charge is 0.252 e. The molecule has 0 aliphatic carbocycles. The van der Waals surface area contributed by atoms with Crippen LogP contribution in [0.5, 0.6) is 0 Å². The number of fused-ring (bicyclic) bond motifs is 10. The summed E-state index contributed by atoms with van der Waals surface area (Å²) in [6.07, 6.45) is 0. The van der Waals surface area contributed by atoms with E-state index in [4.69, 9.17) is 6.85 Å². The van der Waals surface area contributed by atoms with Crippen LogP contribution in [0, 0.1) is 0 Å². The average Bonchev–Trinajstić information content (AvgIpc) is 1.11. The molecule has 20 rings (SSSR count). The lowest BCUT2D eigenvalue weighted by Gasteiger charge is -2.46. The molecule has 0 amide bonds. The summed E-state index contributed by atoms with van der Waals surface area (Å²) >= 11 is 0. The zero-order valence-corrected chi connectivity index (χ0v) is 64.4. The number of hydrogen-bond acceptors (Lipinski definition) is 3. The SMILES string of the molecule is [2H]c1c([2H])c([2H])c(N(c2ccc(-n3c4c([2H])c([2H])c([2H])c([2H])c4c4c([2H])c([2H])c([2H])c([2H])c43)cc2)c2ccc3c(c2)N(c2cc(-c4ccccc4)cc(-c4ccccc4)c2)c2cc(-c4cc(C(C)(C)C)cc(C(C)(C)C)c4)cc4c2B3c2ccc(-n3c5c([2H])c([2H])c([2H])c([2H])c5c5c([2H])c([2H])c([2H])c([2H])c53)cc2N4c2c(-c3ccccc3)cc(C(C)(C)C)cc2-c2ccccc2)c([2H])c1[2H]. The molecule has 0 bridgehead atoms. The highest BCUT2D eigenvalue weighted by Crippen LogP contribution is 2.55. The van der Waals surface area contributed by atoms with Gasteiger partial charge in [-0.2, -0.15) is 0 Å². The minimum absolute atomic E-state index is 0.0800. The van der Waals surface area contributed by atoms with E-state index >= 15 is 0 Å². The summed E-state index contributed by atoms with van der Waals surface area (Å²) in [5.74, 6) is 0. The first-order valence-electron chi connectivity index (χ1n) is 48.9. The van der Waals surface area contributed by atoms with E-state index in [1.165, 1.54) is 4.57 Å². The van der Waals surface area contributed by atoms with Crippen LogP contribution in [0.3, 0.4) is 0 Å². The number of rotatable bonds is 12. The lowest BCUT2D eigenvalue weighted by molar-refractivity contribution is 0.569. The highest BCUT2D eigenvalue weighted by atomic mass is 15.2. The van der Waals surface area contributed by atoms with Gasteiger partial charge in [0, 0.05) is 89.5 Å². The van der Waals surface area contributed by atoms with Crippen molar-refractivity contribution in [2.45, 2.75) is 78.6 Å². The molecule has 2 aromatic heterocycles. The van der Waals surface area contributed by atoms with Gasteiger partial charge in [-0.25, -0.2) is 0 Å². The Morgan fingerprint density at radius 3 is 1.12 bits per heavy atom. The molecule has 0 unspecified atom stereocenters. The lowest BCUT2D eigenvalue weighted by atomic mass is 9.33. The fraction of sp³-hybridized carbons (Fsp3) is 0.111. The third kappa shape index (κ3) is 11.9. The summed E-state index contributed by atoms with van der Waals surface area (Å²) in [5.41, 5.74) is 16.7. The van der Waals surface area contributed by atoms with Crippen LogP contribution in [-0.2, 0) is 16.2 Å². The van der Waals surface area contributed by atoms with E-state index in [1.54, 1.807) is 33.7 Å². The van der Waals surface area contributed by atoms with Crippen molar-refractivity contribution in [3.63, 3.8) is 0 Å². The number of anilines is 9. The molecule has 2 aliphatic rings. The summed E-state index contributed by atoms with van der Waals surface area (Å²) in [7, 11) is 0. The van der Waals surface area contributed by atoms with Gasteiger partial charge in [0.15, 0.2) is 0 Å². The Bertz CT molecular complexity index is 7790. The van der Waals surface area contributed by atoms with Crippen molar-refractivity contribution in [3.8, 4) is 67.0 Å². The zero-order chi connectivity index (χ0) is 95.6. The first-order chi connectivity index (χ1) is 64.2. The topological polar surface area (TPSA) is 19.6 Å². The zero-order valence-electron chi connectivity index (χ0n) is 85.4. The van der Waals surface area contributed by atoms with Crippen molar-refractivity contribution in [1.29, 1.82) is 0 Å². The summed E-state index contributed by atoms with van der Waals surface area (Å²) in [4.78, 5) is 6.17. The van der Waals surface area contributed by atoms with Crippen LogP contribution in [0.2, 0.25) is 0 Å². The number of hydrogen-bond donors (Lipinski definition) is 0. The monoisotopic (exact) mass is 1490 g/mol. The fourth-order valence-corrected chi connectivity index (χ4v) is 16.8. The maximum atomic E-state index is 10.1. The fourth-order valence-electron chi connectivity index (χ4n) is 16.8. The second kappa shape index (κ2) is 27.2. The molecule has 0 saturated heterocycles. The maximum Gasteiger partial charge on any atom is 0.252 e. The van der Waals surface area contributed by atoms with Gasteiger partial charge in [-0.15, -0.1) is 0 Å². The van der Waals surface area contributed by atoms with Gasteiger partial charge in [0.05, 0.1) is 56.5 Å². The van der Waals surface area contributed by atoms with Crippen LogP contribution in [-0.4, -0.2) is 15.8 Å². The predicted octanol–water partition coefficient (Wildman–Crippen LogP) is 27.7. The normalized spacial score (nSPS) is 15.3. The second-order valence-electron chi connectivity index (χ2n) is 32.6. The summed E-state index contributed by atoms with van der Waals surface area (Å²) in [6.45, 7) is 18.9. The van der Waals surface area contributed by atoms with Gasteiger partial charge in [0.1, 0.15) is 0 Å². The van der Waals surface area contributed by atoms with Gasteiger partial charge in [0.25, 0.3) is 6.71 Å². The molecule has 0 spiro atoms. The van der Waals surface area contributed by atoms with E-state index in [-0.39, 0.29) is 72.0 Å². The van der Waals surface area contributed by atoms with Crippen LogP contribution in [0.1, 0.15) is 108 Å². The minimum Gasteiger partial charge on any atom is -0.311 e. The average molecular weight is 1490 g/mol. The number of benzene rings is 16. The van der Waals surface area contributed by atoms with E-state index in [2.05, 4.69) is 181 Å². The van der Waals surface area contributed by atoms with Crippen molar-refractivity contribution in [2.75, 3.05) is 14.7 Å². The molecule has 548 valence electrons. The van der Waals surface area contributed by atoms with E-state index in [1.807, 2.05) is 109 Å². The predicted molar refractivity (Wildman–Crippen MR) is 487 cm³/mol. The molecule has 6 heteroatoms. The quantitative estimate of drug-likeness (QED) is 0.114. The molecular weight excluding hydrogens is 1380 g/mol. The van der Waals surface area contributed by atoms with Gasteiger partial charge in [0.2, 0.25) is 0 Å². The van der Waals surface area contributed by atoms with E-state index < -0.39 is 150 Å². The Balaban J connectivity index is 0.972. The Labute approximate surface area is 699 Å². The van der Waals surface area contributed by atoms with Crippen molar-refractivity contribution >= 4 is 118 Å². The lowest BCUT2D eigenvalue weighted by Crippen LogP contribution is -2.61. The molecule has 18 aromatic rings. The van der Waals surface area contributed by atoms with Gasteiger partial charge >= 0.3 is 0 Å². The molecule has 0 atom stereocenters. The first-order valence-corrected chi connectivity index (χ1v) is 38.4. The van der Waals surface area contributed by atoms with Crippen LogP contribution in [0.15, 0.2) is 370 Å². The molecule has 0 N–H and O–H groups in total. The molecular formula is C108H88BN5. The minimum atomic E-state index is -0.841. The number of aromatic nitrogens is 2. The van der Waals surface area contributed by atoms with Crippen molar-refractivity contribution in [3.05, 3.63) is 386 Å². The molecule has 0 fully saturated rings. The third-order valence-electron chi connectivity index (χ3n) is 22.5. The molecule has 0 saturated carbocycles. The van der Waals surface area contributed by atoms with E-state index in [0.29, 0.717) is 39.4 Å². The van der Waals surface area contributed by atoms with Crippen LogP contribution < -0.4 is 31.1 Å². The molecule has 2 aliphatic heterocycles. The second-order valence-corrected chi connectivity index (χ2v) is 32.6. The van der Waals surface area contributed by atoms with Gasteiger partial charge in [-0.1, -0.05) is 305 Å².